The summed E-state index contributed by atoms with van der Waals surface area (Å²) in [5.74, 6) is -0.860. The fourth-order valence-electron chi connectivity index (χ4n) is 1.27. The van der Waals surface area contributed by atoms with Crippen LogP contribution in [-0.2, 0) is 0 Å². The zero-order valence-electron chi connectivity index (χ0n) is 8.65. The van der Waals surface area contributed by atoms with E-state index in [0.717, 1.165) is 0 Å². The van der Waals surface area contributed by atoms with E-state index in [4.69, 9.17) is 0 Å². The number of hydrogen-bond donors (Lipinski definition) is 1. The van der Waals surface area contributed by atoms with Crippen molar-refractivity contribution in [2.45, 2.75) is 0 Å². The van der Waals surface area contributed by atoms with Crippen LogP contribution in [0.1, 0.15) is 10.4 Å². The van der Waals surface area contributed by atoms with E-state index in [1.807, 2.05) is 0 Å². The molecule has 0 aliphatic carbocycles. The molecule has 1 aromatic heterocycles. The summed E-state index contributed by atoms with van der Waals surface area (Å²) in [5, 5.41) is 2.48. The third-order valence-electron chi connectivity index (χ3n) is 2.11. The van der Waals surface area contributed by atoms with Crippen molar-refractivity contribution in [1.29, 1.82) is 0 Å². The van der Waals surface area contributed by atoms with Gasteiger partial charge in [0.15, 0.2) is 0 Å². The van der Waals surface area contributed by atoms with Crippen LogP contribution >= 0.6 is 15.9 Å². The minimum absolute atomic E-state index is 0.153. The molecule has 1 heterocycles. The smallest absolute Gasteiger partial charge is 0.257 e. The molecule has 0 unspecified atom stereocenters. The van der Waals surface area contributed by atoms with Crippen LogP contribution in [-0.4, -0.2) is 10.9 Å². The maximum atomic E-state index is 13.3. The Morgan fingerprint density at radius 2 is 2.00 bits per heavy atom. The van der Waals surface area contributed by atoms with Gasteiger partial charge in [0.05, 0.1) is 11.3 Å². The molecule has 0 saturated heterocycles. The number of para-hydroxylation sites is 1. The van der Waals surface area contributed by atoms with Crippen LogP contribution in [0.4, 0.5) is 10.1 Å². The molecule has 0 bridgehead atoms. The van der Waals surface area contributed by atoms with Gasteiger partial charge in [-0.15, -0.1) is 0 Å². The van der Waals surface area contributed by atoms with E-state index >= 15 is 0 Å². The van der Waals surface area contributed by atoms with Gasteiger partial charge in [-0.3, -0.25) is 4.79 Å². The number of carbonyl (C=O) groups excluding carboxylic acids is 1. The van der Waals surface area contributed by atoms with Gasteiger partial charge in [0.25, 0.3) is 5.91 Å². The molecule has 0 fully saturated rings. The number of hydrogen-bond acceptors (Lipinski definition) is 2. The Hall–Kier alpha value is -1.75. The Morgan fingerprint density at radius 3 is 2.65 bits per heavy atom. The largest absolute Gasteiger partial charge is 0.319 e. The van der Waals surface area contributed by atoms with Crippen LogP contribution in [0.15, 0.2) is 47.2 Å². The van der Waals surface area contributed by atoms with Gasteiger partial charge in [-0.1, -0.05) is 12.1 Å². The SMILES string of the molecule is O=C(Nc1ccccc1F)c1ccc(Br)nc1. The Kier molecular flexibility index (Phi) is 3.49. The zero-order valence-corrected chi connectivity index (χ0v) is 10.2. The van der Waals surface area contributed by atoms with Crippen molar-refractivity contribution < 1.29 is 9.18 Å². The normalized spacial score (nSPS) is 10.0. The molecule has 2 rings (SSSR count). The summed E-state index contributed by atoms with van der Waals surface area (Å²) in [6, 6.07) is 9.25. The second-order valence-corrected chi connectivity index (χ2v) is 4.12. The van der Waals surface area contributed by atoms with E-state index in [2.05, 4.69) is 26.2 Å². The van der Waals surface area contributed by atoms with Gasteiger partial charge < -0.3 is 5.32 Å². The van der Waals surface area contributed by atoms with Crippen molar-refractivity contribution >= 4 is 27.5 Å². The summed E-state index contributed by atoms with van der Waals surface area (Å²) in [7, 11) is 0. The van der Waals surface area contributed by atoms with Crippen molar-refractivity contribution in [2.75, 3.05) is 5.32 Å². The first-order valence-corrected chi connectivity index (χ1v) is 5.63. The highest BCUT2D eigenvalue weighted by Gasteiger charge is 2.08. The number of amides is 1. The van der Waals surface area contributed by atoms with E-state index in [1.165, 1.54) is 18.3 Å². The summed E-state index contributed by atoms with van der Waals surface area (Å²) < 4.78 is 13.9. The molecular weight excluding hydrogens is 287 g/mol. The molecule has 86 valence electrons. The topological polar surface area (TPSA) is 42.0 Å². The van der Waals surface area contributed by atoms with Crippen LogP contribution in [0.5, 0.6) is 0 Å². The number of benzene rings is 1. The van der Waals surface area contributed by atoms with E-state index in [0.29, 0.717) is 10.2 Å². The van der Waals surface area contributed by atoms with Gasteiger partial charge in [-0.25, -0.2) is 9.37 Å². The minimum atomic E-state index is -0.467. The van der Waals surface area contributed by atoms with Crippen molar-refractivity contribution in [3.8, 4) is 0 Å². The van der Waals surface area contributed by atoms with Gasteiger partial charge in [0.1, 0.15) is 10.4 Å². The van der Waals surface area contributed by atoms with Gasteiger partial charge in [-0.05, 0) is 40.2 Å². The Labute approximate surface area is 106 Å². The fourth-order valence-corrected chi connectivity index (χ4v) is 1.50. The van der Waals surface area contributed by atoms with Gasteiger partial charge >= 0.3 is 0 Å². The Balaban J connectivity index is 2.17. The molecule has 1 aromatic carbocycles. The van der Waals surface area contributed by atoms with Crippen molar-refractivity contribution in [1.82, 2.24) is 4.98 Å². The molecule has 1 amide bonds. The lowest BCUT2D eigenvalue weighted by molar-refractivity contribution is 0.102. The maximum Gasteiger partial charge on any atom is 0.257 e. The molecule has 0 spiro atoms. The first kappa shape index (κ1) is 11.7. The van der Waals surface area contributed by atoms with Crippen LogP contribution in [0, 0.1) is 5.82 Å². The molecular formula is C12H8BrFN2O. The number of nitrogens with zero attached hydrogens (tertiary/aromatic N) is 1. The molecule has 0 saturated carbocycles. The van der Waals surface area contributed by atoms with Gasteiger partial charge in [0, 0.05) is 6.20 Å². The molecule has 17 heavy (non-hydrogen) atoms. The minimum Gasteiger partial charge on any atom is -0.319 e. The quantitative estimate of drug-likeness (QED) is 0.864. The number of anilines is 1. The second kappa shape index (κ2) is 5.05. The molecule has 0 atom stereocenters. The lowest BCUT2D eigenvalue weighted by Crippen LogP contribution is -2.13. The van der Waals surface area contributed by atoms with Crippen molar-refractivity contribution in [3.63, 3.8) is 0 Å². The highest BCUT2D eigenvalue weighted by atomic mass is 79.9. The molecule has 3 nitrogen and oxygen atoms in total. The number of rotatable bonds is 2. The summed E-state index contributed by atoms with van der Waals surface area (Å²) in [4.78, 5) is 15.7. The highest BCUT2D eigenvalue weighted by molar-refractivity contribution is 9.10. The first-order valence-electron chi connectivity index (χ1n) is 4.84. The zero-order chi connectivity index (χ0) is 12.3. The van der Waals surface area contributed by atoms with Crippen LogP contribution in [0.25, 0.3) is 0 Å². The molecule has 2 aromatic rings. The summed E-state index contributed by atoms with van der Waals surface area (Å²) in [5.41, 5.74) is 0.525. The standard InChI is InChI=1S/C12H8BrFN2O/c13-11-6-5-8(7-15-11)12(17)16-10-4-2-1-3-9(10)14/h1-7H,(H,16,17). The van der Waals surface area contributed by atoms with Crippen LogP contribution in [0.2, 0.25) is 0 Å². The van der Waals surface area contributed by atoms with Crippen molar-refractivity contribution in [3.05, 3.63) is 58.6 Å². The molecule has 0 aliphatic rings. The molecule has 5 heteroatoms. The monoisotopic (exact) mass is 294 g/mol. The summed E-state index contributed by atoms with van der Waals surface area (Å²) in [6.07, 6.45) is 1.42. The molecule has 0 aliphatic heterocycles. The Bertz CT molecular complexity index is 542. The summed E-state index contributed by atoms with van der Waals surface area (Å²) >= 11 is 3.17. The number of halogens is 2. The molecule has 1 N–H and O–H groups in total. The Morgan fingerprint density at radius 1 is 1.24 bits per heavy atom. The average Bonchev–Trinajstić information content (AvgIpc) is 2.33. The number of pyridine rings is 1. The molecule has 0 radical (unpaired) electrons. The summed E-state index contributed by atoms with van der Waals surface area (Å²) in [6.45, 7) is 0. The van der Waals surface area contributed by atoms with Gasteiger partial charge in [0.2, 0.25) is 0 Å². The predicted molar refractivity (Wildman–Crippen MR) is 66.3 cm³/mol. The van der Waals surface area contributed by atoms with E-state index in [9.17, 15) is 9.18 Å². The highest BCUT2D eigenvalue weighted by Crippen LogP contribution is 2.14. The average molecular weight is 295 g/mol. The van der Waals surface area contributed by atoms with E-state index in [-0.39, 0.29) is 5.69 Å². The first-order chi connectivity index (χ1) is 8.16. The van der Waals surface area contributed by atoms with Crippen LogP contribution in [0.3, 0.4) is 0 Å². The maximum absolute atomic E-state index is 13.3. The van der Waals surface area contributed by atoms with Crippen LogP contribution < -0.4 is 5.32 Å². The lowest BCUT2D eigenvalue weighted by Gasteiger charge is -2.05. The predicted octanol–water partition coefficient (Wildman–Crippen LogP) is 3.24. The van der Waals surface area contributed by atoms with Gasteiger partial charge in [-0.2, -0.15) is 0 Å². The van der Waals surface area contributed by atoms with E-state index in [1.54, 1.807) is 24.3 Å². The number of carbonyl (C=O) groups is 1. The third-order valence-corrected chi connectivity index (χ3v) is 2.58. The third kappa shape index (κ3) is 2.88. The fraction of sp³-hybridized carbons (Fsp3) is 0. The number of aromatic nitrogens is 1. The van der Waals surface area contributed by atoms with Crippen molar-refractivity contribution in [2.24, 2.45) is 0 Å². The van der Waals surface area contributed by atoms with E-state index < -0.39 is 11.7 Å². The second-order valence-electron chi connectivity index (χ2n) is 3.30. The number of nitrogens with one attached hydrogen (secondary N) is 1. The lowest BCUT2D eigenvalue weighted by atomic mass is 10.2.